The molecule has 0 saturated heterocycles. The minimum atomic E-state index is -0.159. The highest BCUT2D eigenvalue weighted by Crippen LogP contribution is 2.27. The number of hydrogen-bond acceptors (Lipinski definition) is 5. The summed E-state index contributed by atoms with van der Waals surface area (Å²) >= 11 is 0. The molecule has 0 bridgehead atoms. The molecular formula is C22H25N5O3. The summed E-state index contributed by atoms with van der Waals surface area (Å²) in [6.07, 6.45) is 5.68. The van der Waals surface area contributed by atoms with Gasteiger partial charge in [-0.3, -0.25) is 14.7 Å². The Kier molecular flexibility index (Phi) is 4.77. The molecule has 30 heavy (non-hydrogen) atoms. The van der Waals surface area contributed by atoms with Crippen molar-refractivity contribution in [2.45, 2.75) is 57.9 Å². The van der Waals surface area contributed by atoms with Crippen molar-refractivity contribution in [2.75, 3.05) is 6.61 Å². The van der Waals surface area contributed by atoms with Gasteiger partial charge in [0.05, 0.1) is 24.8 Å². The van der Waals surface area contributed by atoms with Crippen LogP contribution in [-0.2, 0) is 30.5 Å². The van der Waals surface area contributed by atoms with E-state index in [-0.39, 0.29) is 23.9 Å². The van der Waals surface area contributed by atoms with Crippen LogP contribution in [0.15, 0.2) is 23.0 Å². The van der Waals surface area contributed by atoms with Crippen LogP contribution in [0.2, 0.25) is 0 Å². The molecule has 0 unspecified atom stereocenters. The van der Waals surface area contributed by atoms with Crippen LogP contribution in [-0.4, -0.2) is 32.1 Å². The van der Waals surface area contributed by atoms with Gasteiger partial charge in [-0.25, -0.2) is 4.98 Å². The van der Waals surface area contributed by atoms with Gasteiger partial charge in [-0.1, -0.05) is 12.1 Å². The van der Waals surface area contributed by atoms with Gasteiger partial charge in [-0.05, 0) is 62.6 Å². The molecule has 3 heterocycles. The second kappa shape index (κ2) is 7.59. The van der Waals surface area contributed by atoms with E-state index in [0.717, 1.165) is 67.7 Å². The number of aromatic amines is 1. The van der Waals surface area contributed by atoms with Crippen molar-refractivity contribution < 1.29 is 9.53 Å². The molecule has 156 valence electrons. The zero-order valence-electron chi connectivity index (χ0n) is 17.0. The van der Waals surface area contributed by atoms with Crippen molar-refractivity contribution in [1.29, 1.82) is 0 Å². The summed E-state index contributed by atoms with van der Waals surface area (Å²) in [6.45, 7) is 2.72. The second-order valence-corrected chi connectivity index (χ2v) is 8.14. The summed E-state index contributed by atoms with van der Waals surface area (Å²) in [5.41, 5.74) is 3.75. The number of amides is 1. The normalized spacial score (nSPS) is 16.4. The first-order chi connectivity index (χ1) is 14.6. The maximum atomic E-state index is 12.7. The highest BCUT2D eigenvalue weighted by atomic mass is 16.5. The van der Waals surface area contributed by atoms with E-state index in [1.54, 1.807) is 0 Å². The van der Waals surface area contributed by atoms with Crippen LogP contribution in [0.3, 0.4) is 0 Å². The Balaban J connectivity index is 1.31. The lowest BCUT2D eigenvalue weighted by atomic mass is 9.97. The summed E-state index contributed by atoms with van der Waals surface area (Å²) < 4.78 is 7.02. The number of carbonyl (C=O) groups excluding carboxylic acids is 1. The van der Waals surface area contributed by atoms with Crippen molar-refractivity contribution in [1.82, 2.24) is 24.9 Å². The van der Waals surface area contributed by atoms with E-state index in [4.69, 9.17) is 4.74 Å². The zero-order chi connectivity index (χ0) is 20.7. The molecular weight excluding hydrogens is 382 g/mol. The van der Waals surface area contributed by atoms with E-state index in [2.05, 4.69) is 26.4 Å². The number of benzene rings is 1. The van der Waals surface area contributed by atoms with E-state index in [1.165, 1.54) is 10.1 Å². The third-order valence-electron chi connectivity index (χ3n) is 5.95. The smallest absolute Gasteiger partial charge is 0.277 e. The van der Waals surface area contributed by atoms with Crippen LogP contribution in [0.4, 0.5) is 0 Å². The number of nitrogens with zero attached hydrogens (tertiary/aromatic N) is 3. The topological polar surface area (TPSA) is 101 Å². The summed E-state index contributed by atoms with van der Waals surface area (Å²) in [5, 5.41) is 5.97. The Bertz CT molecular complexity index is 1180. The third kappa shape index (κ3) is 3.46. The Morgan fingerprint density at radius 1 is 1.23 bits per heavy atom. The number of aryl methyl sites for hydroxylation is 2. The van der Waals surface area contributed by atoms with E-state index in [1.807, 2.05) is 19.1 Å². The molecule has 1 aliphatic carbocycles. The Morgan fingerprint density at radius 2 is 2.10 bits per heavy atom. The van der Waals surface area contributed by atoms with Gasteiger partial charge in [-0.15, -0.1) is 0 Å². The summed E-state index contributed by atoms with van der Waals surface area (Å²) in [4.78, 5) is 34.2. The molecule has 0 spiro atoms. The number of fused-ring (bicyclic) bond motifs is 3. The molecule has 1 amide bonds. The molecule has 0 fully saturated rings. The second-order valence-electron chi connectivity index (χ2n) is 8.14. The molecule has 8 nitrogen and oxygen atoms in total. The highest BCUT2D eigenvalue weighted by molar-refractivity contribution is 5.78. The maximum absolute atomic E-state index is 12.7. The number of nitrogens with one attached hydrogen (secondary N) is 2. The SMILES string of the molecule is C[C@@H](NC(=O)Cc1nc2nc3c(c(=O)n2[nH]1)CCCC3)c1ccc2c(c1)CCCO2. The molecule has 1 atom stereocenters. The molecule has 1 aliphatic heterocycles. The summed E-state index contributed by atoms with van der Waals surface area (Å²) in [7, 11) is 0. The highest BCUT2D eigenvalue weighted by Gasteiger charge is 2.20. The van der Waals surface area contributed by atoms with Gasteiger partial charge in [0.1, 0.15) is 11.6 Å². The van der Waals surface area contributed by atoms with Crippen LogP contribution >= 0.6 is 0 Å². The molecule has 0 radical (unpaired) electrons. The molecule has 3 aromatic rings. The van der Waals surface area contributed by atoms with Crippen molar-refractivity contribution in [3.05, 3.63) is 56.8 Å². The number of aromatic nitrogens is 4. The monoisotopic (exact) mass is 407 g/mol. The molecule has 1 aromatic carbocycles. The van der Waals surface area contributed by atoms with Crippen molar-refractivity contribution >= 4 is 11.7 Å². The van der Waals surface area contributed by atoms with Gasteiger partial charge < -0.3 is 10.1 Å². The van der Waals surface area contributed by atoms with Crippen LogP contribution in [0, 0.1) is 0 Å². The molecule has 2 aromatic heterocycles. The maximum Gasteiger partial charge on any atom is 0.277 e. The average Bonchev–Trinajstić information content (AvgIpc) is 3.16. The van der Waals surface area contributed by atoms with Gasteiger partial charge >= 0.3 is 0 Å². The Morgan fingerprint density at radius 3 is 3.00 bits per heavy atom. The van der Waals surface area contributed by atoms with E-state index in [0.29, 0.717) is 11.6 Å². The third-order valence-corrected chi connectivity index (χ3v) is 5.95. The Labute approximate surface area is 173 Å². The minimum Gasteiger partial charge on any atom is -0.493 e. The number of hydrogen-bond donors (Lipinski definition) is 2. The lowest BCUT2D eigenvalue weighted by Gasteiger charge is -2.20. The number of carbonyl (C=O) groups is 1. The fourth-order valence-electron chi connectivity index (χ4n) is 4.35. The standard InChI is InChI=1S/C22H25N5O3/c1-13(14-8-9-18-15(11-14)5-4-10-30-18)23-20(28)12-19-25-22-24-17-7-3-2-6-16(17)21(29)27(22)26-19/h8-9,11,13H,2-7,10,12H2,1H3,(H,23,28)(H,24,25,26)/t13-/m1/s1. The van der Waals surface area contributed by atoms with Gasteiger partial charge in [-0.2, -0.15) is 9.50 Å². The van der Waals surface area contributed by atoms with E-state index < -0.39 is 0 Å². The van der Waals surface area contributed by atoms with Crippen molar-refractivity contribution in [2.24, 2.45) is 0 Å². The lowest BCUT2D eigenvalue weighted by molar-refractivity contribution is -0.121. The van der Waals surface area contributed by atoms with Crippen LogP contribution in [0.1, 0.15) is 60.4 Å². The fraction of sp³-hybridized carbons (Fsp3) is 0.455. The zero-order valence-corrected chi connectivity index (χ0v) is 17.0. The van der Waals surface area contributed by atoms with E-state index in [9.17, 15) is 9.59 Å². The first-order valence-electron chi connectivity index (χ1n) is 10.6. The first-order valence-corrected chi connectivity index (χ1v) is 10.6. The van der Waals surface area contributed by atoms with Crippen LogP contribution in [0.5, 0.6) is 5.75 Å². The number of H-pyrrole nitrogens is 1. The van der Waals surface area contributed by atoms with Gasteiger partial charge in [0.15, 0.2) is 0 Å². The average molecular weight is 407 g/mol. The molecule has 0 saturated carbocycles. The Hall–Kier alpha value is -3.16. The number of ether oxygens (including phenoxy) is 1. The van der Waals surface area contributed by atoms with Gasteiger partial charge in [0.2, 0.25) is 5.91 Å². The molecule has 5 rings (SSSR count). The molecule has 2 N–H and O–H groups in total. The van der Waals surface area contributed by atoms with Crippen LogP contribution < -0.4 is 15.6 Å². The molecule has 8 heteroatoms. The minimum absolute atomic E-state index is 0.0614. The summed E-state index contributed by atoms with van der Waals surface area (Å²) in [5.74, 6) is 1.55. The van der Waals surface area contributed by atoms with Crippen LogP contribution in [0.25, 0.3) is 5.78 Å². The largest absolute Gasteiger partial charge is 0.493 e. The van der Waals surface area contributed by atoms with Crippen molar-refractivity contribution in [3.63, 3.8) is 0 Å². The first kappa shape index (κ1) is 18.8. The lowest BCUT2D eigenvalue weighted by Crippen LogP contribution is -2.29. The quantitative estimate of drug-likeness (QED) is 0.689. The number of rotatable bonds is 4. The predicted molar refractivity (Wildman–Crippen MR) is 111 cm³/mol. The summed E-state index contributed by atoms with van der Waals surface area (Å²) in [6, 6.07) is 5.94. The van der Waals surface area contributed by atoms with E-state index >= 15 is 0 Å². The fourth-order valence-corrected chi connectivity index (χ4v) is 4.35. The molecule has 2 aliphatic rings. The van der Waals surface area contributed by atoms with Gasteiger partial charge in [0.25, 0.3) is 11.3 Å². The van der Waals surface area contributed by atoms with Gasteiger partial charge in [0, 0.05) is 5.56 Å². The predicted octanol–water partition coefficient (Wildman–Crippen LogP) is 2.04. The van der Waals surface area contributed by atoms with Crippen molar-refractivity contribution in [3.8, 4) is 5.75 Å².